The zero-order valence-corrected chi connectivity index (χ0v) is 18.2. The highest BCUT2D eigenvalue weighted by atomic mass is 16.5. The predicted octanol–water partition coefficient (Wildman–Crippen LogP) is 2.90. The van der Waals surface area contributed by atoms with Crippen molar-refractivity contribution >= 4 is 5.91 Å². The molecule has 0 unspecified atom stereocenters. The molecule has 6 nitrogen and oxygen atoms in total. The fourth-order valence-electron chi connectivity index (χ4n) is 4.06. The van der Waals surface area contributed by atoms with Crippen molar-refractivity contribution in [1.29, 1.82) is 0 Å². The van der Waals surface area contributed by atoms with Gasteiger partial charge in [-0.15, -0.1) is 0 Å². The molecule has 0 atom stereocenters. The van der Waals surface area contributed by atoms with Crippen molar-refractivity contribution < 1.29 is 9.53 Å². The Morgan fingerprint density at radius 1 is 1.21 bits per heavy atom. The van der Waals surface area contributed by atoms with Crippen LogP contribution in [0.2, 0.25) is 0 Å². The molecule has 1 aliphatic rings. The number of amides is 1. The summed E-state index contributed by atoms with van der Waals surface area (Å²) in [5.41, 5.74) is 4.30. The highest BCUT2D eigenvalue weighted by molar-refractivity contribution is 5.92. The van der Waals surface area contributed by atoms with Gasteiger partial charge in [-0.2, -0.15) is 5.10 Å². The lowest BCUT2D eigenvalue weighted by Crippen LogP contribution is -2.39. The van der Waals surface area contributed by atoms with E-state index in [1.54, 1.807) is 11.8 Å². The van der Waals surface area contributed by atoms with Crippen LogP contribution in [0.4, 0.5) is 0 Å². The lowest BCUT2D eigenvalue weighted by atomic mass is 9.90. The number of carbonyl (C=O) groups is 1. The average molecular weight is 399 g/mol. The number of likely N-dealkylation sites (N-methyl/N-ethyl adjacent to an activating group) is 1. The smallest absolute Gasteiger partial charge is 0.272 e. The largest absolute Gasteiger partial charge is 0.383 e. The Morgan fingerprint density at radius 3 is 2.45 bits per heavy atom. The Hall–Kier alpha value is -2.18. The molecule has 2 heterocycles. The first-order valence-electron chi connectivity index (χ1n) is 10.5. The third-order valence-electron chi connectivity index (χ3n) is 5.80. The Bertz CT molecular complexity index is 792. The molecule has 1 amide bonds. The van der Waals surface area contributed by atoms with Crippen LogP contribution < -0.4 is 0 Å². The Kier molecular flexibility index (Phi) is 7.45. The molecule has 0 saturated carbocycles. The molecule has 0 radical (unpaired) electrons. The molecule has 3 rings (SSSR count). The molecular formula is C23H34N4O2. The van der Waals surface area contributed by atoms with Gasteiger partial charge < -0.3 is 9.64 Å². The van der Waals surface area contributed by atoms with Gasteiger partial charge in [0.15, 0.2) is 0 Å². The number of aryl methyl sites for hydroxylation is 2. The summed E-state index contributed by atoms with van der Waals surface area (Å²) in [6, 6.07) is 10.9. The van der Waals surface area contributed by atoms with Crippen LogP contribution >= 0.6 is 0 Å². The number of carbonyl (C=O) groups excluding carboxylic acids is 1. The number of benzene rings is 1. The van der Waals surface area contributed by atoms with Crippen LogP contribution in [0.5, 0.6) is 0 Å². The van der Waals surface area contributed by atoms with Crippen LogP contribution in [0.15, 0.2) is 30.3 Å². The fourth-order valence-corrected chi connectivity index (χ4v) is 4.06. The summed E-state index contributed by atoms with van der Waals surface area (Å²) in [5, 5.41) is 4.30. The van der Waals surface area contributed by atoms with E-state index in [2.05, 4.69) is 41.3 Å². The van der Waals surface area contributed by atoms with Crippen molar-refractivity contribution in [2.24, 2.45) is 13.0 Å². The summed E-state index contributed by atoms with van der Waals surface area (Å²) in [4.78, 5) is 17.0. The maximum absolute atomic E-state index is 12.7. The van der Waals surface area contributed by atoms with E-state index in [9.17, 15) is 4.79 Å². The standard InChI is InChI=1S/C23H34N4O2/c1-18-15-22(26(3)24-18)23(28)27-11-9-20(10-12-27)16-19-5-7-21(8-6-19)17-25(2)13-14-29-4/h5-8,15,20H,9-14,16-17H2,1-4H3. The van der Waals surface area contributed by atoms with E-state index in [0.717, 1.165) is 57.7 Å². The van der Waals surface area contributed by atoms with E-state index in [1.165, 1.54) is 11.1 Å². The zero-order chi connectivity index (χ0) is 20.8. The molecule has 1 saturated heterocycles. The molecule has 0 aliphatic carbocycles. The lowest BCUT2D eigenvalue weighted by molar-refractivity contribution is 0.0679. The molecule has 1 aromatic carbocycles. The molecule has 2 aromatic rings. The highest BCUT2D eigenvalue weighted by Gasteiger charge is 2.25. The van der Waals surface area contributed by atoms with Gasteiger partial charge in [0.2, 0.25) is 0 Å². The van der Waals surface area contributed by atoms with Crippen molar-refractivity contribution in [3.8, 4) is 0 Å². The van der Waals surface area contributed by atoms with Gasteiger partial charge in [0.05, 0.1) is 12.3 Å². The number of methoxy groups -OCH3 is 1. The summed E-state index contributed by atoms with van der Waals surface area (Å²) in [6.45, 7) is 6.22. The molecular weight excluding hydrogens is 364 g/mol. The van der Waals surface area contributed by atoms with Gasteiger partial charge >= 0.3 is 0 Å². The van der Waals surface area contributed by atoms with Crippen molar-refractivity contribution in [3.63, 3.8) is 0 Å². The van der Waals surface area contributed by atoms with Gasteiger partial charge in [-0.3, -0.25) is 14.4 Å². The fraction of sp³-hybridized carbons (Fsp3) is 0.565. The van der Waals surface area contributed by atoms with Gasteiger partial charge in [0.1, 0.15) is 5.69 Å². The molecule has 1 fully saturated rings. The van der Waals surface area contributed by atoms with Crippen molar-refractivity contribution in [2.45, 2.75) is 32.7 Å². The number of ether oxygens (including phenoxy) is 1. The van der Waals surface area contributed by atoms with Crippen LogP contribution in [0.1, 0.15) is 40.2 Å². The zero-order valence-electron chi connectivity index (χ0n) is 18.2. The quantitative estimate of drug-likeness (QED) is 0.686. The predicted molar refractivity (Wildman–Crippen MR) is 115 cm³/mol. The molecule has 158 valence electrons. The first-order chi connectivity index (χ1) is 14.0. The molecule has 1 aliphatic heterocycles. The maximum atomic E-state index is 12.7. The van der Waals surface area contributed by atoms with E-state index < -0.39 is 0 Å². The van der Waals surface area contributed by atoms with Gasteiger partial charge in [-0.1, -0.05) is 24.3 Å². The number of piperidine rings is 1. The minimum absolute atomic E-state index is 0.105. The Balaban J connectivity index is 1.47. The summed E-state index contributed by atoms with van der Waals surface area (Å²) < 4.78 is 6.83. The summed E-state index contributed by atoms with van der Waals surface area (Å²) >= 11 is 0. The van der Waals surface area contributed by atoms with Crippen molar-refractivity contribution in [1.82, 2.24) is 19.6 Å². The van der Waals surface area contributed by atoms with Crippen LogP contribution in [0, 0.1) is 12.8 Å². The summed E-state index contributed by atoms with van der Waals surface area (Å²) in [5.74, 6) is 0.746. The number of hydrogen-bond acceptors (Lipinski definition) is 4. The maximum Gasteiger partial charge on any atom is 0.272 e. The van der Waals surface area contributed by atoms with Gasteiger partial charge in [-0.25, -0.2) is 0 Å². The minimum atomic E-state index is 0.105. The van der Waals surface area contributed by atoms with Crippen LogP contribution in [-0.4, -0.2) is 65.9 Å². The van der Waals surface area contributed by atoms with Crippen LogP contribution in [-0.2, 0) is 24.8 Å². The normalized spacial score (nSPS) is 15.3. The number of aromatic nitrogens is 2. The molecule has 0 N–H and O–H groups in total. The SMILES string of the molecule is COCCN(C)Cc1ccc(CC2CCN(C(=O)c3cc(C)nn3C)CC2)cc1. The monoisotopic (exact) mass is 398 g/mol. The van der Waals surface area contributed by atoms with Crippen molar-refractivity contribution in [2.75, 3.05) is 40.4 Å². The van der Waals surface area contributed by atoms with Crippen LogP contribution in [0.25, 0.3) is 0 Å². The van der Waals surface area contributed by atoms with Gasteiger partial charge in [0, 0.05) is 40.3 Å². The van der Waals surface area contributed by atoms with Gasteiger partial charge in [0.25, 0.3) is 5.91 Å². The molecule has 29 heavy (non-hydrogen) atoms. The molecule has 1 aromatic heterocycles. The van der Waals surface area contributed by atoms with E-state index in [1.807, 2.05) is 24.9 Å². The first-order valence-corrected chi connectivity index (χ1v) is 10.5. The second kappa shape index (κ2) is 10.0. The number of nitrogens with zero attached hydrogens (tertiary/aromatic N) is 4. The van der Waals surface area contributed by atoms with E-state index in [0.29, 0.717) is 11.6 Å². The number of hydrogen-bond donors (Lipinski definition) is 0. The number of rotatable bonds is 8. The summed E-state index contributed by atoms with van der Waals surface area (Å²) in [6.07, 6.45) is 3.21. The van der Waals surface area contributed by atoms with E-state index in [-0.39, 0.29) is 5.91 Å². The lowest BCUT2D eigenvalue weighted by Gasteiger charge is -2.32. The van der Waals surface area contributed by atoms with Gasteiger partial charge in [-0.05, 0) is 56.3 Å². The Morgan fingerprint density at radius 2 is 1.86 bits per heavy atom. The second-order valence-corrected chi connectivity index (χ2v) is 8.28. The third-order valence-corrected chi connectivity index (χ3v) is 5.80. The summed E-state index contributed by atoms with van der Waals surface area (Å²) in [7, 11) is 5.70. The van der Waals surface area contributed by atoms with Crippen LogP contribution in [0.3, 0.4) is 0 Å². The molecule has 6 heteroatoms. The minimum Gasteiger partial charge on any atom is -0.383 e. The average Bonchev–Trinajstić information content (AvgIpc) is 3.06. The highest BCUT2D eigenvalue weighted by Crippen LogP contribution is 2.23. The Labute approximate surface area is 174 Å². The number of likely N-dealkylation sites (tertiary alicyclic amines) is 1. The first kappa shape index (κ1) is 21.5. The topological polar surface area (TPSA) is 50.6 Å². The van der Waals surface area contributed by atoms with E-state index >= 15 is 0 Å². The van der Waals surface area contributed by atoms with E-state index in [4.69, 9.17) is 4.74 Å². The molecule has 0 spiro atoms. The second-order valence-electron chi connectivity index (χ2n) is 8.28. The van der Waals surface area contributed by atoms with Crippen molar-refractivity contribution in [3.05, 3.63) is 52.8 Å². The molecule has 0 bridgehead atoms. The third kappa shape index (κ3) is 5.90.